The summed E-state index contributed by atoms with van der Waals surface area (Å²) in [5.41, 5.74) is 6.00. The number of nitrogens with two attached hydrogens (primary N) is 1. The van der Waals surface area contributed by atoms with Gasteiger partial charge in [-0.1, -0.05) is 32.0 Å². The van der Waals surface area contributed by atoms with Crippen molar-refractivity contribution in [2.24, 2.45) is 11.1 Å². The fraction of sp³-hybridized carbons (Fsp3) is 0.464. The Morgan fingerprint density at radius 3 is 2.64 bits per heavy atom. The average Bonchev–Trinajstić information content (AvgIpc) is 3.60. The van der Waals surface area contributed by atoms with Crippen molar-refractivity contribution in [3.63, 3.8) is 0 Å². The number of carbonyl (C=O) groups is 5. The number of oxime groups is 1. The molecule has 0 aliphatic carbocycles. The number of amides is 3. The lowest BCUT2D eigenvalue weighted by molar-refractivity contribution is -0.164. The Labute approximate surface area is 267 Å². The molecule has 15 nitrogen and oxygen atoms in total. The van der Waals surface area contributed by atoms with E-state index in [4.69, 9.17) is 20.0 Å². The van der Waals surface area contributed by atoms with Crippen LogP contribution in [0.2, 0.25) is 0 Å². The van der Waals surface area contributed by atoms with E-state index in [9.17, 15) is 29.2 Å². The Hall–Kier alpha value is -4.22. The molecule has 3 amide bonds. The highest BCUT2D eigenvalue weighted by Gasteiger charge is 2.54. The number of hydroxylamine groups is 2. The summed E-state index contributed by atoms with van der Waals surface area (Å²) in [5, 5.41) is 17.1. The van der Waals surface area contributed by atoms with Gasteiger partial charge in [0.1, 0.15) is 29.4 Å². The van der Waals surface area contributed by atoms with Crippen LogP contribution in [0.15, 0.2) is 45.1 Å². The highest BCUT2D eigenvalue weighted by molar-refractivity contribution is 8.00. The number of aromatic nitrogens is 1. The fourth-order valence-electron chi connectivity index (χ4n) is 4.67. The number of ether oxygens (including phenoxy) is 2. The first-order valence-corrected chi connectivity index (χ1v) is 15.9. The molecule has 4 rings (SSSR count). The highest BCUT2D eigenvalue weighted by atomic mass is 32.2. The Morgan fingerprint density at radius 1 is 1.29 bits per heavy atom. The van der Waals surface area contributed by atoms with Crippen LogP contribution in [0.1, 0.15) is 39.3 Å². The Morgan fingerprint density at radius 2 is 2.04 bits per heavy atom. The summed E-state index contributed by atoms with van der Waals surface area (Å²) in [6.45, 7) is 5.71. The molecule has 242 valence electrons. The minimum absolute atomic E-state index is 0.0321. The number of rotatable bonds is 12. The van der Waals surface area contributed by atoms with Gasteiger partial charge in [-0.3, -0.25) is 24.1 Å². The number of esters is 2. The smallest absolute Gasteiger partial charge is 0.355 e. The first kappa shape index (κ1) is 33.7. The zero-order valence-corrected chi connectivity index (χ0v) is 26.7. The SMILES string of the molecule is CCC=C(COC(=O)C1=C(C=C2CCN(OC)C2=O)CSC2C(NC(=O)C(=NO)c3csc(N)n3)C(=O)N12)C(=O)OCC(C)C. The number of hydrogen-bond donors (Lipinski definition) is 3. The highest BCUT2D eigenvalue weighted by Crippen LogP contribution is 2.41. The van der Waals surface area contributed by atoms with E-state index in [0.29, 0.717) is 30.5 Å². The third-order valence-corrected chi connectivity index (χ3v) is 8.81. The number of nitrogens with zero attached hydrogens (tertiary/aromatic N) is 4. The lowest BCUT2D eigenvalue weighted by atomic mass is 10.0. The molecule has 45 heavy (non-hydrogen) atoms. The zero-order chi connectivity index (χ0) is 32.8. The summed E-state index contributed by atoms with van der Waals surface area (Å²) >= 11 is 2.30. The molecule has 0 saturated carbocycles. The largest absolute Gasteiger partial charge is 0.462 e. The van der Waals surface area contributed by atoms with Gasteiger partial charge in [-0.2, -0.15) is 0 Å². The summed E-state index contributed by atoms with van der Waals surface area (Å²) in [7, 11) is 1.38. The van der Waals surface area contributed by atoms with Crippen LogP contribution in [0, 0.1) is 5.92 Å². The van der Waals surface area contributed by atoms with E-state index in [-0.39, 0.29) is 46.3 Å². The van der Waals surface area contributed by atoms with Crippen molar-refractivity contribution in [3.8, 4) is 0 Å². The van der Waals surface area contributed by atoms with Gasteiger partial charge in [0.2, 0.25) is 0 Å². The molecular weight excluding hydrogens is 628 g/mol. The van der Waals surface area contributed by atoms with Gasteiger partial charge in [-0.15, -0.1) is 23.1 Å². The maximum atomic E-state index is 13.6. The van der Waals surface area contributed by atoms with E-state index < -0.39 is 47.5 Å². The van der Waals surface area contributed by atoms with Crippen LogP contribution in [-0.4, -0.2) is 99.6 Å². The van der Waals surface area contributed by atoms with Gasteiger partial charge in [0, 0.05) is 16.7 Å². The van der Waals surface area contributed by atoms with Gasteiger partial charge in [0.05, 0.1) is 25.8 Å². The van der Waals surface area contributed by atoms with Gasteiger partial charge >= 0.3 is 11.9 Å². The molecule has 3 aliphatic rings. The van der Waals surface area contributed by atoms with Gasteiger partial charge in [0.25, 0.3) is 17.7 Å². The first-order chi connectivity index (χ1) is 21.5. The van der Waals surface area contributed by atoms with Gasteiger partial charge < -0.3 is 25.7 Å². The average molecular weight is 663 g/mol. The monoisotopic (exact) mass is 662 g/mol. The van der Waals surface area contributed by atoms with Crippen molar-refractivity contribution in [3.05, 3.63) is 45.6 Å². The molecule has 0 aromatic carbocycles. The van der Waals surface area contributed by atoms with Crippen molar-refractivity contribution in [1.29, 1.82) is 0 Å². The third-order valence-electron chi connectivity index (χ3n) is 6.83. The molecule has 4 N–H and O–H groups in total. The Kier molecular flexibility index (Phi) is 11.0. The maximum Gasteiger partial charge on any atom is 0.355 e. The summed E-state index contributed by atoms with van der Waals surface area (Å²) < 4.78 is 10.8. The normalized spacial score (nSPS) is 21.3. The minimum atomic E-state index is -1.08. The molecule has 4 heterocycles. The number of allylic oxidation sites excluding steroid dienone is 2. The molecule has 1 aromatic rings. The van der Waals surface area contributed by atoms with Crippen LogP contribution in [0.25, 0.3) is 0 Å². The second-order valence-electron chi connectivity index (χ2n) is 10.5. The van der Waals surface area contributed by atoms with Crippen molar-refractivity contribution < 1.29 is 43.5 Å². The van der Waals surface area contributed by atoms with E-state index in [1.807, 2.05) is 20.8 Å². The lowest BCUT2D eigenvalue weighted by Gasteiger charge is -2.49. The van der Waals surface area contributed by atoms with E-state index in [1.165, 1.54) is 34.2 Å². The lowest BCUT2D eigenvalue weighted by Crippen LogP contribution is -2.71. The summed E-state index contributed by atoms with van der Waals surface area (Å²) in [5.74, 6) is -3.09. The summed E-state index contributed by atoms with van der Waals surface area (Å²) in [4.78, 5) is 75.6. The number of hydrogen-bond acceptors (Lipinski definition) is 14. The molecule has 0 spiro atoms. The fourth-order valence-corrected chi connectivity index (χ4v) is 6.52. The number of fused-ring (bicyclic) bond motifs is 1. The number of carbonyl (C=O) groups excluding carboxylic acids is 5. The Balaban J connectivity index is 1.58. The second-order valence-corrected chi connectivity index (χ2v) is 12.5. The molecule has 0 radical (unpaired) electrons. The molecule has 1 aromatic heterocycles. The second kappa shape index (κ2) is 14.7. The maximum absolute atomic E-state index is 13.6. The topological polar surface area (TPSA) is 203 Å². The third kappa shape index (κ3) is 7.37. The number of anilines is 1. The number of β-lactam (4-membered cyclic amide) rings is 1. The molecule has 2 saturated heterocycles. The van der Waals surface area contributed by atoms with E-state index >= 15 is 0 Å². The molecule has 17 heteroatoms. The number of thioether (sulfide) groups is 1. The van der Waals surface area contributed by atoms with Crippen molar-refractivity contribution in [1.82, 2.24) is 20.3 Å². The minimum Gasteiger partial charge on any atom is -0.462 e. The first-order valence-electron chi connectivity index (χ1n) is 14.0. The molecule has 2 atom stereocenters. The van der Waals surface area contributed by atoms with Crippen molar-refractivity contribution in [2.45, 2.75) is 45.0 Å². The molecule has 2 unspecified atom stereocenters. The number of nitrogen functional groups attached to an aromatic ring is 1. The predicted molar refractivity (Wildman–Crippen MR) is 163 cm³/mol. The zero-order valence-electron chi connectivity index (χ0n) is 25.1. The molecule has 3 aliphatic heterocycles. The van der Waals surface area contributed by atoms with E-state index in [2.05, 4.69) is 15.5 Å². The summed E-state index contributed by atoms with van der Waals surface area (Å²) in [6, 6.07) is -1.08. The van der Waals surface area contributed by atoms with Crippen molar-refractivity contribution in [2.75, 3.05) is 38.4 Å². The molecule has 0 bridgehead atoms. The molecule has 2 fully saturated rings. The van der Waals surface area contributed by atoms with Gasteiger partial charge in [-0.25, -0.2) is 19.6 Å². The van der Waals surface area contributed by atoms with E-state index in [0.717, 1.165) is 11.3 Å². The van der Waals surface area contributed by atoms with Gasteiger partial charge in [0.15, 0.2) is 10.8 Å². The standard InChI is InChI=1S/C28H34N6O9S2/c1-5-6-16(26(38)42-10-14(2)3)11-43-27(39)21-17(9-15-7-8-33(41-4)23(15)36)12-44-25-20(24(37)34(21)25)31-22(35)19(32-40)18-13-45-28(29)30-18/h6,9,13-14,20,25,40H,5,7-8,10-12H2,1-4H3,(H2,29,30)(H,31,35). The van der Waals surface area contributed by atoms with Crippen LogP contribution in [-0.2, 0) is 38.3 Å². The predicted octanol–water partition coefficient (Wildman–Crippen LogP) is 1.36. The quantitative estimate of drug-likeness (QED) is 0.0725. The Bertz CT molecular complexity index is 1500. The number of nitrogens with one attached hydrogen (secondary N) is 1. The van der Waals surface area contributed by atoms with Crippen LogP contribution in [0.4, 0.5) is 5.13 Å². The van der Waals surface area contributed by atoms with Crippen LogP contribution >= 0.6 is 23.1 Å². The molecular formula is C28H34N6O9S2. The summed E-state index contributed by atoms with van der Waals surface area (Å²) in [6.07, 6.45) is 3.98. The van der Waals surface area contributed by atoms with E-state index in [1.54, 1.807) is 12.2 Å². The van der Waals surface area contributed by atoms with Gasteiger partial charge in [-0.05, 0) is 30.4 Å². The van der Waals surface area contributed by atoms with Crippen LogP contribution in [0.5, 0.6) is 0 Å². The van der Waals surface area contributed by atoms with Crippen LogP contribution in [0.3, 0.4) is 0 Å². The number of thiazole rings is 1. The van der Waals surface area contributed by atoms with Crippen molar-refractivity contribution >= 4 is 63.6 Å². The van der Waals surface area contributed by atoms with Crippen LogP contribution < -0.4 is 11.1 Å².